The topological polar surface area (TPSA) is 43.4 Å². The average molecular weight is 310 g/mol. The van der Waals surface area contributed by atoms with Gasteiger partial charge in [-0.25, -0.2) is 0 Å². The van der Waals surface area contributed by atoms with Crippen LogP contribution in [0.3, 0.4) is 0 Å². The fraction of sp³-hybridized carbons (Fsp3) is 0.188. The Morgan fingerprint density at radius 1 is 1.05 bits per heavy atom. The van der Waals surface area contributed by atoms with Crippen molar-refractivity contribution >= 4 is 44.0 Å². The molecule has 0 N–H and O–H groups in total. The second-order valence-corrected chi connectivity index (χ2v) is 5.16. The largest absolute Gasteiger partial charge is 0.542 e. The van der Waals surface area contributed by atoms with Gasteiger partial charge in [0.05, 0.1) is 5.56 Å². The van der Waals surface area contributed by atoms with Crippen LogP contribution in [0.25, 0.3) is 0 Å². The molecule has 1 unspecified atom stereocenters. The molecule has 103 valence electrons. The molecule has 2 aromatic rings. The second kappa shape index (κ2) is 7.86. The Hall–Kier alpha value is -0.990. The van der Waals surface area contributed by atoms with Crippen LogP contribution in [0.4, 0.5) is 0 Å². The Morgan fingerprint density at radius 2 is 1.62 bits per heavy atom. The van der Waals surface area contributed by atoms with E-state index in [1.807, 2.05) is 32.9 Å². The molecule has 0 aliphatic rings. The van der Waals surface area contributed by atoms with Crippen molar-refractivity contribution in [2.24, 2.45) is 0 Å². The maximum absolute atomic E-state index is 12.7. The van der Waals surface area contributed by atoms with Crippen LogP contribution in [-0.4, -0.2) is 35.3 Å². The van der Waals surface area contributed by atoms with Crippen molar-refractivity contribution in [1.29, 1.82) is 0 Å². The van der Waals surface area contributed by atoms with E-state index in [1.54, 1.807) is 24.3 Å². The van der Waals surface area contributed by atoms with Crippen molar-refractivity contribution in [3.8, 4) is 5.75 Å². The summed E-state index contributed by atoms with van der Waals surface area (Å²) in [5.74, 6) is 0.249. The summed E-state index contributed by atoms with van der Waals surface area (Å²) in [5, 5.41) is 0. The van der Waals surface area contributed by atoms with Crippen molar-refractivity contribution in [2.45, 2.75) is 20.8 Å². The van der Waals surface area contributed by atoms with Crippen molar-refractivity contribution in [3.05, 3.63) is 64.2 Å². The number of carbonyl (C=O) groups excluding carboxylic acids is 1. The second-order valence-electron chi connectivity index (χ2n) is 4.78. The van der Waals surface area contributed by atoms with Crippen LogP contribution in [0.1, 0.15) is 32.6 Å². The van der Waals surface area contributed by atoms with Gasteiger partial charge in [0.15, 0.2) is 11.5 Å². The molecule has 0 bridgehead atoms. The number of carbonyl (C=O) groups is 1. The number of hydrogen-bond acceptors (Lipinski definition) is 3. The predicted octanol–water partition coefficient (Wildman–Crippen LogP) is 3.78. The summed E-state index contributed by atoms with van der Waals surface area (Å²) >= 11 is 0. The van der Waals surface area contributed by atoms with Gasteiger partial charge in [0.25, 0.3) is 0 Å². The Labute approximate surface area is 148 Å². The molecular formula is C16H16NaO3P+. The van der Waals surface area contributed by atoms with E-state index < -0.39 is 8.69 Å². The number of benzene rings is 2. The van der Waals surface area contributed by atoms with Gasteiger partial charge in [0.2, 0.25) is 0 Å². The van der Waals surface area contributed by atoms with Crippen molar-refractivity contribution in [3.63, 3.8) is 0 Å². The summed E-state index contributed by atoms with van der Waals surface area (Å²) in [6.45, 7) is 5.85. The van der Waals surface area contributed by atoms with Gasteiger partial charge in [0, 0.05) is 35.1 Å². The molecule has 0 fully saturated rings. The first kappa shape index (κ1) is 18.1. The van der Waals surface area contributed by atoms with Crippen LogP contribution in [0.5, 0.6) is 5.75 Å². The van der Waals surface area contributed by atoms with E-state index in [0.717, 1.165) is 16.7 Å². The predicted molar refractivity (Wildman–Crippen MR) is 85.9 cm³/mol. The van der Waals surface area contributed by atoms with Gasteiger partial charge in [-0.3, -0.25) is 9.32 Å². The summed E-state index contributed by atoms with van der Waals surface area (Å²) in [6.07, 6.45) is 0. The summed E-state index contributed by atoms with van der Waals surface area (Å²) in [7, 11) is -0.928. The molecule has 3 nitrogen and oxygen atoms in total. The molecule has 1 radical (unpaired) electrons. The Morgan fingerprint density at radius 3 is 2.19 bits per heavy atom. The average Bonchev–Trinajstić information content (AvgIpc) is 2.38. The maximum Gasteiger partial charge on any atom is 0.542 e. The van der Waals surface area contributed by atoms with Crippen LogP contribution in [0.2, 0.25) is 0 Å². The van der Waals surface area contributed by atoms with Gasteiger partial charge < -0.3 is 0 Å². The smallest absolute Gasteiger partial charge is 0.288 e. The molecule has 0 aliphatic heterocycles. The van der Waals surface area contributed by atoms with Crippen LogP contribution in [0, 0.1) is 20.8 Å². The number of ketones is 1. The number of para-hydroxylation sites is 1. The van der Waals surface area contributed by atoms with E-state index in [1.165, 1.54) is 0 Å². The SMILES string of the molecule is Cc1cc(C)c(C(=O)c2ccccc2O[PH+]=O)c(C)c1.[Na]. The fourth-order valence-electron chi connectivity index (χ4n) is 2.46. The van der Waals surface area contributed by atoms with Crippen molar-refractivity contribution in [2.75, 3.05) is 0 Å². The van der Waals surface area contributed by atoms with E-state index >= 15 is 0 Å². The van der Waals surface area contributed by atoms with Gasteiger partial charge in [-0.05, 0) is 48.6 Å². The fourth-order valence-corrected chi connectivity index (χ4v) is 2.73. The van der Waals surface area contributed by atoms with Crippen molar-refractivity contribution in [1.82, 2.24) is 0 Å². The van der Waals surface area contributed by atoms with Crippen LogP contribution >= 0.6 is 8.69 Å². The minimum Gasteiger partial charge on any atom is -0.288 e. The first-order chi connectivity index (χ1) is 9.54. The zero-order valence-electron chi connectivity index (χ0n) is 12.7. The number of rotatable bonds is 4. The molecule has 0 aromatic heterocycles. The molecule has 21 heavy (non-hydrogen) atoms. The molecule has 0 aliphatic carbocycles. The van der Waals surface area contributed by atoms with E-state index in [-0.39, 0.29) is 35.3 Å². The maximum atomic E-state index is 12.7. The zero-order chi connectivity index (χ0) is 14.7. The monoisotopic (exact) mass is 310 g/mol. The molecule has 2 aromatic carbocycles. The van der Waals surface area contributed by atoms with E-state index in [9.17, 15) is 9.36 Å². The third kappa shape index (κ3) is 4.02. The molecule has 5 heteroatoms. The molecule has 0 amide bonds. The zero-order valence-corrected chi connectivity index (χ0v) is 15.7. The minimum atomic E-state index is -0.928. The summed E-state index contributed by atoms with van der Waals surface area (Å²) < 4.78 is 15.7. The first-order valence-electron chi connectivity index (χ1n) is 6.30. The van der Waals surface area contributed by atoms with Crippen molar-refractivity contribution < 1.29 is 13.9 Å². The Balaban J connectivity index is 0.00000220. The normalized spacial score (nSPS) is 10.0. The summed E-state index contributed by atoms with van der Waals surface area (Å²) in [4.78, 5) is 12.7. The molecule has 0 saturated carbocycles. The minimum absolute atomic E-state index is 0. The third-order valence-corrected chi connectivity index (χ3v) is 3.49. The third-order valence-electron chi connectivity index (χ3n) is 3.19. The molecule has 2 rings (SSSR count). The van der Waals surface area contributed by atoms with Gasteiger partial charge >= 0.3 is 8.69 Å². The van der Waals surface area contributed by atoms with E-state index in [0.29, 0.717) is 16.9 Å². The summed E-state index contributed by atoms with van der Waals surface area (Å²) in [5.41, 5.74) is 4.12. The van der Waals surface area contributed by atoms with Gasteiger partial charge in [-0.15, -0.1) is 0 Å². The van der Waals surface area contributed by atoms with E-state index in [4.69, 9.17) is 4.52 Å². The number of aryl methyl sites for hydroxylation is 3. The molecular weight excluding hydrogens is 294 g/mol. The first-order valence-corrected chi connectivity index (χ1v) is 7.12. The molecule has 0 saturated heterocycles. The molecule has 1 atom stereocenters. The Bertz CT molecular complexity index is 660. The van der Waals surface area contributed by atoms with Crippen LogP contribution in [0.15, 0.2) is 36.4 Å². The molecule has 0 heterocycles. The van der Waals surface area contributed by atoms with Crippen LogP contribution < -0.4 is 4.52 Å². The summed E-state index contributed by atoms with van der Waals surface area (Å²) in [6, 6.07) is 10.8. The van der Waals surface area contributed by atoms with E-state index in [2.05, 4.69) is 0 Å². The van der Waals surface area contributed by atoms with Gasteiger partial charge in [-0.2, -0.15) is 0 Å². The quantitative estimate of drug-likeness (QED) is 0.490. The number of hydrogen-bond donors (Lipinski definition) is 0. The standard InChI is InChI=1S/C16H16O3P.Na/c1-10-8-11(2)15(12(3)9-10)16(17)13-6-4-5-7-14(13)19-20-18;/h4-9,20H,1-3H3;/q+1;. The van der Waals surface area contributed by atoms with Gasteiger partial charge in [-0.1, -0.05) is 29.8 Å². The molecule has 0 spiro atoms. The van der Waals surface area contributed by atoms with Crippen LogP contribution in [-0.2, 0) is 4.57 Å². The Kier molecular flexibility index (Phi) is 6.76. The van der Waals surface area contributed by atoms with Gasteiger partial charge in [0.1, 0.15) is 0 Å².